The Labute approximate surface area is 390 Å². The minimum Gasteiger partial charge on any atom is -0.462 e. The lowest BCUT2D eigenvalue weighted by atomic mass is 10.0. The summed E-state index contributed by atoms with van der Waals surface area (Å²) < 4.78 is 16.8. The van der Waals surface area contributed by atoms with Gasteiger partial charge >= 0.3 is 17.9 Å². The van der Waals surface area contributed by atoms with Gasteiger partial charge in [-0.25, -0.2) is 0 Å². The third-order valence-electron chi connectivity index (χ3n) is 11.5. The third-order valence-corrected chi connectivity index (χ3v) is 11.5. The molecule has 0 aromatic carbocycles. The topological polar surface area (TPSA) is 78.9 Å². The van der Waals surface area contributed by atoms with E-state index in [0.717, 1.165) is 77.0 Å². The highest BCUT2D eigenvalue weighted by atomic mass is 16.6. The van der Waals surface area contributed by atoms with E-state index in [1.165, 1.54) is 141 Å². The fourth-order valence-corrected chi connectivity index (χ4v) is 7.43. The van der Waals surface area contributed by atoms with E-state index in [0.29, 0.717) is 19.3 Å². The molecule has 0 aromatic rings. The smallest absolute Gasteiger partial charge is 0.306 e. The summed E-state index contributed by atoms with van der Waals surface area (Å²) in [6.07, 6.45) is 63.5. The van der Waals surface area contributed by atoms with E-state index in [2.05, 4.69) is 81.5 Å². The van der Waals surface area contributed by atoms with Gasteiger partial charge in [0.25, 0.3) is 0 Å². The Morgan fingerprint density at radius 2 is 0.587 bits per heavy atom. The van der Waals surface area contributed by atoms with Crippen LogP contribution >= 0.6 is 0 Å². The van der Waals surface area contributed by atoms with Gasteiger partial charge < -0.3 is 14.2 Å². The van der Waals surface area contributed by atoms with Gasteiger partial charge in [-0.05, 0) is 83.5 Å². The average molecular weight is 881 g/mol. The summed E-state index contributed by atoms with van der Waals surface area (Å²) in [7, 11) is 0. The zero-order valence-electron chi connectivity index (χ0n) is 41.6. The SMILES string of the molecule is CCCCC/C=C\C/C=C\C/C=C\C/C=C\CCCC(=O)OCC(COC(=O)CCCCCCCCCCCCCCC)OC(=O)CCCCCCC/C=C\CCCCCCCC. The first-order valence-corrected chi connectivity index (χ1v) is 26.8. The van der Waals surface area contributed by atoms with Crippen LogP contribution in [0.2, 0.25) is 0 Å². The zero-order chi connectivity index (χ0) is 45.8. The molecule has 0 fully saturated rings. The number of hydrogen-bond donors (Lipinski definition) is 0. The van der Waals surface area contributed by atoms with Crippen molar-refractivity contribution >= 4 is 17.9 Å². The summed E-state index contributed by atoms with van der Waals surface area (Å²) in [5, 5.41) is 0. The van der Waals surface area contributed by atoms with Crippen LogP contribution in [0, 0.1) is 0 Å². The summed E-state index contributed by atoms with van der Waals surface area (Å²) >= 11 is 0. The summed E-state index contributed by atoms with van der Waals surface area (Å²) in [4.78, 5) is 38.0. The second kappa shape index (κ2) is 51.7. The van der Waals surface area contributed by atoms with Crippen molar-refractivity contribution < 1.29 is 28.6 Å². The van der Waals surface area contributed by atoms with Gasteiger partial charge in [0.1, 0.15) is 13.2 Å². The highest BCUT2D eigenvalue weighted by molar-refractivity contribution is 5.71. The van der Waals surface area contributed by atoms with E-state index in [9.17, 15) is 14.4 Å². The molecule has 0 aliphatic rings. The van der Waals surface area contributed by atoms with Crippen molar-refractivity contribution in [2.45, 2.75) is 271 Å². The number of rotatable bonds is 48. The molecule has 0 aliphatic carbocycles. The third kappa shape index (κ3) is 50.0. The fourth-order valence-electron chi connectivity index (χ4n) is 7.43. The maximum Gasteiger partial charge on any atom is 0.306 e. The van der Waals surface area contributed by atoms with Gasteiger partial charge in [0.05, 0.1) is 0 Å². The lowest BCUT2D eigenvalue weighted by molar-refractivity contribution is -0.167. The molecule has 0 amide bonds. The molecule has 0 saturated heterocycles. The van der Waals surface area contributed by atoms with E-state index < -0.39 is 6.10 Å². The van der Waals surface area contributed by atoms with Crippen LogP contribution < -0.4 is 0 Å². The first-order chi connectivity index (χ1) is 31.0. The summed E-state index contributed by atoms with van der Waals surface area (Å²) in [6, 6.07) is 0. The number of hydrogen-bond acceptors (Lipinski definition) is 6. The first kappa shape index (κ1) is 60.1. The second-order valence-corrected chi connectivity index (χ2v) is 17.8. The molecule has 0 spiro atoms. The molecule has 364 valence electrons. The number of carbonyl (C=O) groups excluding carboxylic acids is 3. The predicted molar refractivity (Wildman–Crippen MR) is 270 cm³/mol. The van der Waals surface area contributed by atoms with Crippen LogP contribution in [0.4, 0.5) is 0 Å². The van der Waals surface area contributed by atoms with Crippen molar-refractivity contribution in [1.82, 2.24) is 0 Å². The maximum atomic E-state index is 12.8. The van der Waals surface area contributed by atoms with E-state index >= 15 is 0 Å². The Balaban J connectivity index is 4.46. The normalized spacial score (nSPS) is 12.5. The van der Waals surface area contributed by atoms with Crippen molar-refractivity contribution in [2.24, 2.45) is 0 Å². The van der Waals surface area contributed by atoms with Crippen molar-refractivity contribution in [3.8, 4) is 0 Å². The number of allylic oxidation sites excluding steroid dienone is 10. The van der Waals surface area contributed by atoms with Crippen molar-refractivity contribution in [3.05, 3.63) is 60.8 Å². The Morgan fingerprint density at radius 3 is 1.00 bits per heavy atom. The number of carbonyl (C=O) groups is 3. The predicted octanol–water partition coefficient (Wildman–Crippen LogP) is 17.6. The molecule has 0 aromatic heterocycles. The van der Waals surface area contributed by atoms with Crippen molar-refractivity contribution in [1.29, 1.82) is 0 Å². The molecule has 0 aliphatic heterocycles. The molecular weight excluding hydrogens is 781 g/mol. The van der Waals surface area contributed by atoms with Gasteiger partial charge in [-0.1, -0.05) is 223 Å². The second-order valence-electron chi connectivity index (χ2n) is 17.8. The lowest BCUT2D eigenvalue weighted by Crippen LogP contribution is -2.30. The van der Waals surface area contributed by atoms with E-state index in [1.807, 2.05) is 0 Å². The van der Waals surface area contributed by atoms with Crippen LogP contribution in [0.25, 0.3) is 0 Å². The molecular formula is C57H100O6. The van der Waals surface area contributed by atoms with Crippen LogP contribution in [0.5, 0.6) is 0 Å². The van der Waals surface area contributed by atoms with Crippen molar-refractivity contribution in [3.63, 3.8) is 0 Å². The van der Waals surface area contributed by atoms with Gasteiger partial charge in [-0.2, -0.15) is 0 Å². The molecule has 0 bridgehead atoms. The summed E-state index contributed by atoms with van der Waals surface area (Å²) in [5.41, 5.74) is 0. The number of unbranched alkanes of at least 4 members (excludes halogenated alkanes) is 27. The first-order valence-electron chi connectivity index (χ1n) is 26.8. The molecule has 0 rings (SSSR count). The van der Waals surface area contributed by atoms with E-state index in [1.54, 1.807) is 0 Å². The maximum absolute atomic E-state index is 12.8. The van der Waals surface area contributed by atoms with Gasteiger partial charge in [0, 0.05) is 19.3 Å². The Hall–Kier alpha value is -2.89. The molecule has 0 N–H and O–H groups in total. The molecule has 6 heteroatoms. The summed E-state index contributed by atoms with van der Waals surface area (Å²) in [5.74, 6) is -0.953. The highest BCUT2D eigenvalue weighted by Gasteiger charge is 2.19. The Bertz CT molecular complexity index is 1150. The lowest BCUT2D eigenvalue weighted by Gasteiger charge is -2.18. The number of esters is 3. The van der Waals surface area contributed by atoms with Crippen LogP contribution in [0.15, 0.2) is 60.8 Å². The minimum atomic E-state index is -0.797. The van der Waals surface area contributed by atoms with Gasteiger partial charge in [0.2, 0.25) is 0 Å². The molecule has 6 nitrogen and oxygen atoms in total. The van der Waals surface area contributed by atoms with E-state index in [-0.39, 0.29) is 37.5 Å². The van der Waals surface area contributed by atoms with Gasteiger partial charge in [-0.3, -0.25) is 14.4 Å². The van der Waals surface area contributed by atoms with Gasteiger partial charge in [-0.15, -0.1) is 0 Å². The number of ether oxygens (including phenoxy) is 3. The van der Waals surface area contributed by atoms with Crippen molar-refractivity contribution in [2.75, 3.05) is 13.2 Å². The van der Waals surface area contributed by atoms with Crippen LogP contribution in [-0.2, 0) is 28.6 Å². The molecule has 63 heavy (non-hydrogen) atoms. The van der Waals surface area contributed by atoms with Gasteiger partial charge in [0.15, 0.2) is 6.10 Å². The van der Waals surface area contributed by atoms with Crippen LogP contribution in [0.3, 0.4) is 0 Å². The quantitative estimate of drug-likeness (QED) is 0.0262. The molecule has 1 atom stereocenters. The highest BCUT2D eigenvalue weighted by Crippen LogP contribution is 2.15. The molecule has 0 radical (unpaired) electrons. The van der Waals surface area contributed by atoms with E-state index in [4.69, 9.17) is 14.2 Å². The summed E-state index contributed by atoms with van der Waals surface area (Å²) in [6.45, 7) is 6.56. The minimum absolute atomic E-state index is 0.0924. The monoisotopic (exact) mass is 881 g/mol. The molecule has 0 saturated carbocycles. The Morgan fingerprint density at radius 1 is 0.317 bits per heavy atom. The Kier molecular flexibility index (Phi) is 49.4. The molecule has 1 unspecified atom stereocenters. The average Bonchev–Trinajstić information content (AvgIpc) is 3.28. The van der Waals surface area contributed by atoms with Crippen LogP contribution in [0.1, 0.15) is 265 Å². The molecule has 0 heterocycles. The van der Waals surface area contributed by atoms with Crippen LogP contribution in [-0.4, -0.2) is 37.2 Å². The zero-order valence-corrected chi connectivity index (χ0v) is 41.6. The fraction of sp³-hybridized carbons (Fsp3) is 0.772. The largest absolute Gasteiger partial charge is 0.462 e. The standard InChI is InChI=1S/C57H100O6/c1-4-7-10-13-16-19-22-25-27-28-30-32-35-38-41-44-47-50-56(59)62-53-54(52-61-55(58)49-46-43-40-37-34-31-24-21-18-15-12-9-6-3)63-57(60)51-48-45-42-39-36-33-29-26-23-20-17-14-11-8-5-2/h16,19,25-27,29-30,32,38,41,54H,4-15,17-18,20-24,28,31,33-37,39-40,42-53H2,1-3H3/b19-16-,27-25-,29-26-,32-30-,41-38-.